The Balaban J connectivity index is 1.73. The lowest BCUT2D eigenvalue weighted by Crippen LogP contribution is -2.60. The number of piperazine rings is 1. The summed E-state index contributed by atoms with van der Waals surface area (Å²) in [5, 5.41) is 13.2. The van der Waals surface area contributed by atoms with Crippen molar-refractivity contribution in [2.24, 2.45) is 5.92 Å². The third-order valence-corrected chi connectivity index (χ3v) is 5.69. The van der Waals surface area contributed by atoms with Crippen LogP contribution in [-0.4, -0.2) is 96.8 Å². The van der Waals surface area contributed by atoms with Gasteiger partial charge in [-0.2, -0.15) is 0 Å². The third-order valence-electron chi connectivity index (χ3n) is 5.69. The molecule has 1 unspecified atom stereocenters. The van der Waals surface area contributed by atoms with Crippen molar-refractivity contribution in [3.8, 4) is 0 Å². The Hall–Kier alpha value is -0.690. The monoisotopic (exact) mass is 340 g/mol. The normalized spacial score (nSPS) is 24.0. The fourth-order valence-electron chi connectivity index (χ4n) is 3.54. The smallest absolute Gasteiger partial charge is 0.240 e. The second-order valence-corrected chi connectivity index (χ2v) is 8.20. The van der Waals surface area contributed by atoms with Gasteiger partial charge in [-0.3, -0.25) is 9.69 Å². The molecule has 6 nitrogen and oxygen atoms in total. The average Bonchev–Trinajstić information content (AvgIpc) is 2.55. The van der Waals surface area contributed by atoms with E-state index in [1.807, 2.05) is 13.8 Å². The number of carbonyl (C=O) groups is 1. The highest BCUT2D eigenvalue weighted by Crippen LogP contribution is 2.17. The minimum atomic E-state index is -0.526. The number of likely N-dealkylation sites (N-methyl/N-ethyl adjacent to an activating group) is 1. The van der Waals surface area contributed by atoms with Gasteiger partial charge < -0.3 is 20.2 Å². The number of hydrogen-bond acceptors (Lipinski definition) is 5. The molecule has 24 heavy (non-hydrogen) atoms. The lowest BCUT2D eigenvalue weighted by atomic mass is 9.99. The van der Waals surface area contributed by atoms with Crippen molar-refractivity contribution in [3.05, 3.63) is 0 Å². The van der Waals surface area contributed by atoms with Crippen LogP contribution in [0.4, 0.5) is 0 Å². The topological polar surface area (TPSA) is 59.1 Å². The SMILES string of the molecule is CC1CCN(CC(O)CNC(=O)C(C)(C)N2CCN(C)CC2)CC1. The van der Waals surface area contributed by atoms with Gasteiger partial charge >= 0.3 is 0 Å². The Labute approximate surface area is 147 Å². The van der Waals surface area contributed by atoms with E-state index < -0.39 is 11.6 Å². The van der Waals surface area contributed by atoms with Gasteiger partial charge in [0.1, 0.15) is 0 Å². The minimum Gasteiger partial charge on any atom is -0.390 e. The lowest BCUT2D eigenvalue weighted by molar-refractivity contribution is -0.133. The summed E-state index contributed by atoms with van der Waals surface area (Å²) in [5.41, 5.74) is -0.526. The Morgan fingerprint density at radius 3 is 2.33 bits per heavy atom. The zero-order chi connectivity index (χ0) is 17.7. The standard InChI is InChI=1S/C18H36N4O2/c1-15-5-7-21(8-6-15)14-16(23)13-19-17(24)18(2,3)22-11-9-20(4)10-12-22/h15-16,23H,5-14H2,1-4H3,(H,19,24). The van der Waals surface area contributed by atoms with E-state index in [9.17, 15) is 9.90 Å². The quantitative estimate of drug-likeness (QED) is 0.724. The Morgan fingerprint density at radius 1 is 1.17 bits per heavy atom. The van der Waals surface area contributed by atoms with Crippen LogP contribution in [0.5, 0.6) is 0 Å². The lowest BCUT2D eigenvalue weighted by Gasteiger charge is -2.42. The van der Waals surface area contributed by atoms with Crippen molar-refractivity contribution < 1.29 is 9.90 Å². The summed E-state index contributed by atoms with van der Waals surface area (Å²) in [5.74, 6) is 0.806. The van der Waals surface area contributed by atoms with E-state index in [2.05, 4.69) is 34.0 Å². The summed E-state index contributed by atoms with van der Waals surface area (Å²) in [6.07, 6.45) is 1.91. The first-order chi connectivity index (χ1) is 11.3. The highest BCUT2D eigenvalue weighted by molar-refractivity contribution is 5.85. The van der Waals surface area contributed by atoms with Gasteiger partial charge in [-0.1, -0.05) is 6.92 Å². The van der Waals surface area contributed by atoms with E-state index >= 15 is 0 Å². The van der Waals surface area contributed by atoms with E-state index in [-0.39, 0.29) is 5.91 Å². The molecule has 0 aromatic rings. The minimum absolute atomic E-state index is 0.0124. The van der Waals surface area contributed by atoms with Crippen LogP contribution in [0.1, 0.15) is 33.6 Å². The van der Waals surface area contributed by atoms with Crippen LogP contribution in [0.15, 0.2) is 0 Å². The summed E-state index contributed by atoms with van der Waals surface area (Å²) in [6.45, 7) is 13.1. The molecular formula is C18H36N4O2. The van der Waals surface area contributed by atoms with Crippen LogP contribution in [-0.2, 0) is 4.79 Å². The molecule has 0 aliphatic carbocycles. The Kier molecular flexibility index (Phi) is 7.04. The molecule has 0 bridgehead atoms. The maximum atomic E-state index is 12.6. The van der Waals surface area contributed by atoms with Crippen LogP contribution in [0, 0.1) is 5.92 Å². The third kappa shape index (κ3) is 5.41. The molecule has 1 atom stereocenters. The molecule has 0 spiro atoms. The van der Waals surface area contributed by atoms with Gasteiger partial charge in [-0.15, -0.1) is 0 Å². The highest BCUT2D eigenvalue weighted by atomic mass is 16.3. The Bertz CT molecular complexity index is 400. The molecule has 2 fully saturated rings. The molecule has 1 amide bonds. The van der Waals surface area contributed by atoms with E-state index in [0.717, 1.165) is 45.2 Å². The largest absolute Gasteiger partial charge is 0.390 e. The molecule has 2 rings (SSSR count). The van der Waals surface area contributed by atoms with Crippen molar-refractivity contribution >= 4 is 5.91 Å². The fraction of sp³-hybridized carbons (Fsp3) is 0.944. The second kappa shape index (κ2) is 8.61. The van der Waals surface area contributed by atoms with Gasteiger partial charge in [-0.05, 0) is 52.7 Å². The predicted molar refractivity (Wildman–Crippen MR) is 97.0 cm³/mol. The number of nitrogens with one attached hydrogen (secondary N) is 1. The number of nitrogens with zero attached hydrogens (tertiary/aromatic N) is 3. The van der Waals surface area contributed by atoms with Crippen LogP contribution in [0.2, 0.25) is 0 Å². The van der Waals surface area contributed by atoms with Crippen molar-refractivity contribution in [2.45, 2.75) is 45.3 Å². The molecule has 0 aromatic carbocycles. The van der Waals surface area contributed by atoms with E-state index in [0.29, 0.717) is 13.1 Å². The second-order valence-electron chi connectivity index (χ2n) is 8.20. The summed E-state index contributed by atoms with van der Waals surface area (Å²) >= 11 is 0. The number of β-amino-alcohol motifs (C(OH)–C–C–N with tert-alkyl or cyclic N) is 1. The van der Waals surface area contributed by atoms with Crippen LogP contribution < -0.4 is 5.32 Å². The van der Waals surface area contributed by atoms with Crippen molar-refractivity contribution in [3.63, 3.8) is 0 Å². The predicted octanol–water partition coefficient (Wildman–Crippen LogP) is 0.221. The molecule has 0 aromatic heterocycles. The van der Waals surface area contributed by atoms with Gasteiger partial charge in [0.25, 0.3) is 0 Å². The van der Waals surface area contributed by atoms with Gasteiger partial charge in [0.2, 0.25) is 5.91 Å². The van der Waals surface area contributed by atoms with Crippen LogP contribution in [0.25, 0.3) is 0 Å². The fourth-order valence-corrected chi connectivity index (χ4v) is 3.54. The maximum Gasteiger partial charge on any atom is 0.240 e. The molecule has 0 saturated carbocycles. The van der Waals surface area contributed by atoms with Gasteiger partial charge in [0, 0.05) is 39.3 Å². The van der Waals surface area contributed by atoms with Gasteiger partial charge in [0.05, 0.1) is 11.6 Å². The molecule has 2 N–H and O–H groups in total. The van der Waals surface area contributed by atoms with Gasteiger partial charge in [0.15, 0.2) is 0 Å². The molecule has 2 aliphatic heterocycles. The number of hydrogen-bond donors (Lipinski definition) is 2. The molecule has 2 saturated heterocycles. The number of piperidine rings is 1. The zero-order valence-corrected chi connectivity index (χ0v) is 15.9. The van der Waals surface area contributed by atoms with E-state index in [1.165, 1.54) is 12.8 Å². The number of likely N-dealkylation sites (tertiary alicyclic amines) is 1. The first-order valence-electron chi connectivity index (χ1n) is 9.41. The summed E-state index contributed by atoms with van der Waals surface area (Å²) in [7, 11) is 2.11. The maximum absolute atomic E-state index is 12.6. The van der Waals surface area contributed by atoms with Crippen molar-refractivity contribution in [1.82, 2.24) is 20.0 Å². The number of aliphatic hydroxyl groups is 1. The van der Waals surface area contributed by atoms with Crippen LogP contribution in [0.3, 0.4) is 0 Å². The van der Waals surface area contributed by atoms with E-state index in [1.54, 1.807) is 0 Å². The summed E-state index contributed by atoms with van der Waals surface area (Å²) in [4.78, 5) is 19.4. The van der Waals surface area contributed by atoms with Gasteiger partial charge in [-0.25, -0.2) is 0 Å². The zero-order valence-electron chi connectivity index (χ0n) is 15.9. The number of amides is 1. The van der Waals surface area contributed by atoms with Crippen molar-refractivity contribution in [1.29, 1.82) is 0 Å². The molecule has 140 valence electrons. The van der Waals surface area contributed by atoms with Crippen LogP contribution >= 0.6 is 0 Å². The van der Waals surface area contributed by atoms with E-state index in [4.69, 9.17) is 0 Å². The number of aliphatic hydroxyl groups excluding tert-OH is 1. The number of rotatable bonds is 6. The molecule has 0 radical (unpaired) electrons. The first-order valence-corrected chi connectivity index (χ1v) is 9.41. The summed E-state index contributed by atoms with van der Waals surface area (Å²) in [6, 6.07) is 0. The molecule has 2 aliphatic rings. The highest BCUT2D eigenvalue weighted by Gasteiger charge is 2.36. The molecular weight excluding hydrogens is 304 g/mol. The molecule has 2 heterocycles. The molecule has 6 heteroatoms. The average molecular weight is 341 g/mol. The number of carbonyl (C=O) groups excluding carboxylic acids is 1. The van der Waals surface area contributed by atoms with Crippen molar-refractivity contribution in [2.75, 3.05) is 59.4 Å². The summed E-state index contributed by atoms with van der Waals surface area (Å²) < 4.78 is 0. The Morgan fingerprint density at radius 2 is 1.75 bits per heavy atom. The first kappa shape index (κ1) is 19.6.